The minimum absolute atomic E-state index is 0.0943. The number of rotatable bonds is 4. The van der Waals surface area contributed by atoms with Gasteiger partial charge in [0.15, 0.2) is 0 Å². The van der Waals surface area contributed by atoms with Crippen LogP contribution >= 0.6 is 11.8 Å². The maximum absolute atomic E-state index is 12.0. The Balaban J connectivity index is 1.94. The number of nitrogens with zero attached hydrogens (tertiary/aromatic N) is 2. The normalized spacial score (nSPS) is 17.6. The Kier molecular flexibility index (Phi) is 4.52. The van der Waals surface area contributed by atoms with E-state index in [4.69, 9.17) is 10.5 Å². The highest BCUT2D eigenvalue weighted by molar-refractivity contribution is 8.00. The van der Waals surface area contributed by atoms with Crippen molar-refractivity contribution in [2.45, 2.75) is 36.5 Å². The number of benzene rings is 1. The van der Waals surface area contributed by atoms with Gasteiger partial charge in [-0.3, -0.25) is 4.79 Å². The quantitative estimate of drug-likeness (QED) is 0.686. The first-order valence-electron chi connectivity index (χ1n) is 7.64. The Morgan fingerprint density at radius 3 is 2.83 bits per heavy atom. The Morgan fingerprint density at radius 1 is 1.39 bits per heavy atom. The molecule has 1 aliphatic rings. The summed E-state index contributed by atoms with van der Waals surface area (Å²) in [7, 11) is 0. The van der Waals surface area contributed by atoms with Crippen LogP contribution in [0.3, 0.4) is 0 Å². The van der Waals surface area contributed by atoms with Crippen LogP contribution < -0.4 is 5.73 Å². The second-order valence-corrected chi connectivity index (χ2v) is 6.64. The molecule has 2 unspecified atom stereocenters. The van der Waals surface area contributed by atoms with Gasteiger partial charge in [0.25, 0.3) is 0 Å². The second kappa shape index (κ2) is 6.58. The zero-order valence-electron chi connectivity index (χ0n) is 13.2. The number of thioether (sulfide) groups is 1. The van der Waals surface area contributed by atoms with Gasteiger partial charge in [0.05, 0.1) is 12.3 Å². The van der Waals surface area contributed by atoms with E-state index in [1.54, 1.807) is 0 Å². The number of fused-ring (bicyclic) bond motifs is 1. The summed E-state index contributed by atoms with van der Waals surface area (Å²) in [4.78, 5) is 20.8. The highest BCUT2D eigenvalue weighted by atomic mass is 32.2. The average Bonchev–Trinajstić information content (AvgIpc) is 2.98. The van der Waals surface area contributed by atoms with Crippen molar-refractivity contribution < 1.29 is 9.53 Å². The van der Waals surface area contributed by atoms with Gasteiger partial charge in [-0.2, -0.15) is 0 Å². The van der Waals surface area contributed by atoms with Crippen LogP contribution in [0.1, 0.15) is 36.6 Å². The standard InChI is InChI=1S/C17H19N3O2S/c1-3-22-16(21)13-9-12-14(19-17(18)20-15(12)23-13)10(2)11-7-5-4-6-8-11/h4-8,10,13H,3,9H2,1-2H3,(H2,18,19,20). The molecule has 0 spiro atoms. The van der Waals surface area contributed by atoms with E-state index in [0.29, 0.717) is 13.0 Å². The van der Waals surface area contributed by atoms with E-state index in [1.165, 1.54) is 11.8 Å². The minimum atomic E-state index is -0.261. The number of hydrogen-bond acceptors (Lipinski definition) is 6. The van der Waals surface area contributed by atoms with Gasteiger partial charge in [-0.15, -0.1) is 0 Å². The molecule has 23 heavy (non-hydrogen) atoms. The van der Waals surface area contributed by atoms with Crippen LogP contribution in [0.4, 0.5) is 5.95 Å². The van der Waals surface area contributed by atoms with Crippen molar-refractivity contribution in [2.75, 3.05) is 12.3 Å². The molecule has 1 aromatic carbocycles. The van der Waals surface area contributed by atoms with Crippen LogP contribution in [0.15, 0.2) is 35.4 Å². The van der Waals surface area contributed by atoms with Gasteiger partial charge < -0.3 is 10.5 Å². The summed E-state index contributed by atoms with van der Waals surface area (Å²) in [6.45, 7) is 4.29. The molecule has 120 valence electrons. The van der Waals surface area contributed by atoms with Crippen molar-refractivity contribution in [1.29, 1.82) is 0 Å². The first-order valence-corrected chi connectivity index (χ1v) is 8.52. The number of esters is 1. The van der Waals surface area contributed by atoms with E-state index in [-0.39, 0.29) is 23.1 Å². The fourth-order valence-electron chi connectivity index (χ4n) is 2.77. The van der Waals surface area contributed by atoms with E-state index >= 15 is 0 Å². The van der Waals surface area contributed by atoms with Crippen molar-refractivity contribution in [3.63, 3.8) is 0 Å². The van der Waals surface area contributed by atoms with Crippen molar-refractivity contribution in [1.82, 2.24) is 9.97 Å². The number of nitrogen functional groups attached to an aromatic ring is 1. The van der Waals surface area contributed by atoms with E-state index in [1.807, 2.05) is 25.1 Å². The number of carbonyl (C=O) groups excluding carboxylic acids is 1. The van der Waals surface area contributed by atoms with E-state index in [2.05, 4.69) is 29.0 Å². The number of anilines is 1. The first kappa shape index (κ1) is 15.8. The molecule has 2 N–H and O–H groups in total. The Morgan fingerprint density at radius 2 is 2.13 bits per heavy atom. The molecule has 0 saturated heterocycles. The zero-order valence-corrected chi connectivity index (χ0v) is 14.0. The second-order valence-electron chi connectivity index (χ2n) is 5.45. The number of nitrogens with two attached hydrogens (primary N) is 1. The first-order chi connectivity index (χ1) is 11.1. The molecule has 0 saturated carbocycles. The van der Waals surface area contributed by atoms with Gasteiger partial charge >= 0.3 is 5.97 Å². The summed E-state index contributed by atoms with van der Waals surface area (Å²) in [6.07, 6.45) is 0.589. The molecule has 1 aromatic heterocycles. The molecular formula is C17H19N3O2S. The molecule has 0 amide bonds. The summed E-state index contributed by atoms with van der Waals surface area (Å²) in [6, 6.07) is 10.1. The lowest BCUT2D eigenvalue weighted by molar-refractivity contribution is -0.142. The maximum Gasteiger partial charge on any atom is 0.319 e. The predicted molar refractivity (Wildman–Crippen MR) is 90.4 cm³/mol. The number of hydrogen-bond donors (Lipinski definition) is 1. The van der Waals surface area contributed by atoms with E-state index in [9.17, 15) is 4.79 Å². The topological polar surface area (TPSA) is 78.1 Å². The van der Waals surface area contributed by atoms with Crippen LogP contribution in [0.2, 0.25) is 0 Å². The SMILES string of the molecule is CCOC(=O)C1Cc2c(nc(N)nc2C(C)c2ccccc2)S1. The van der Waals surface area contributed by atoms with Gasteiger partial charge in [0, 0.05) is 11.5 Å². The van der Waals surface area contributed by atoms with Crippen LogP contribution in [0.5, 0.6) is 0 Å². The molecular weight excluding hydrogens is 310 g/mol. The monoisotopic (exact) mass is 329 g/mol. The van der Waals surface area contributed by atoms with Crippen molar-refractivity contribution in [2.24, 2.45) is 0 Å². The van der Waals surface area contributed by atoms with Gasteiger partial charge in [-0.1, -0.05) is 49.0 Å². The molecule has 0 bridgehead atoms. The van der Waals surface area contributed by atoms with Crippen molar-refractivity contribution >= 4 is 23.7 Å². The van der Waals surface area contributed by atoms with Crippen LogP contribution in [0.25, 0.3) is 0 Å². The molecule has 2 atom stereocenters. The van der Waals surface area contributed by atoms with Crippen molar-refractivity contribution in [3.8, 4) is 0 Å². The Hall–Kier alpha value is -2.08. The fourth-order valence-corrected chi connectivity index (χ4v) is 3.93. The molecule has 2 aromatic rings. The summed E-state index contributed by atoms with van der Waals surface area (Å²) in [5.74, 6) is 0.141. The summed E-state index contributed by atoms with van der Waals surface area (Å²) in [5, 5.41) is 0.538. The predicted octanol–water partition coefficient (Wildman–Crippen LogP) is 2.79. The number of carbonyl (C=O) groups is 1. The summed E-state index contributed by atoms with van der Waals surface area (Å²) >= 11 is 1.42. The Bertz CT molecular complexity index is 721. The molecule has 3 rings (SSSR count). The molecule has 0 fully saturated rings. The lowest BCUT2D eigenvalue weighted by Crippen LogP contribution is -2.19. The van der Waals surface area contributed by atoms with E-state index < -0.39 is 0 Å². The average molecular weight is 329 g/mol. The third-order valence-electron chi connectivity index (χ3n) is 3.92. The molecule has 5 nitrogen and oxygen atoms in total. The van der Waals surface area contributed by atoms with Crippen LogP contribution in [-0.2, 0) is 16.0 Å². The summed E-state index contributed by atoms with van der Waals surface area (Å²) in [5.41, 5.74) is 8.95. The van der Waals surface area contributed by atoms with Crippen molar-refractivity contribution in [3.05, 3.63) is 47.2 Å². The molecule has 0 radical (unpaired) electrons. The molecule has 2 heterocycles. The van der Waals surface area contributed by atoms with Gasteiger partial charge in [0.1, 0.15) is 10.3 Å². The molecule has 6 heteroatoms. The van der Waals surface area contributed by atoms with Crippen LogP contribution in [-0.4, -0.2) is 27.8 Å². The van der Waals surface area contributed by atoms with Gasteiger partial charge in [0.2, 0.25) is 5.95 Å². The lowest BCUT2D eigenvalue weighted by atomic mass is 9.93. The Labute approximate surface area is 139 Å². The zero-order chi connectivity index (χ0) is 16.4. The third-order valence-corrected chi connectivity index (χ3v) is 5.13. The molecule has 0 aliphatic carbocycles. The number of ether oxygens (including phenoxy) is 1. The largest absolute Gasteiger partial charge is 0.465 e. The minimum Gasteiger partial charge on any atom is -0.465 e. The third kappa shape index (κ3) is 3.17. The van der Waals surface area contributed by atoms with Gasteiger partial charge in [-0.25, -0.2) is 9.97 Å². The lowest BCUT2D eigenvalue weighted by Gasteiger charge is -2.15. The fraction of sp³-hybridized carbons (Fsp3) is 0.353. The van der Waals surface area contributed by atoms with Crippen LogP contribution in [0, 0.1) is 0 Å². The number of aromatic nitrogens is 2. The summed E-state index contributed by atoms with van der Waals surface area (Å²) < 4.78 is 5.13. The molecule has 1 aliphatic heterocycles. The highest BCUT2D eigenvalue weighted by Gasteiger charge is 2.34. The maximum atomic E-state index is 12.0. The smallest absolute Gasteiger partial charge is 0.319 e. The van der Waals surface area contributed by atoms with Gasteiger partial charge in [-0.05, 0) is 18.9 Å². The highest BCUT2D eigenvalue weighted by Crippen LogP contribution is 2.40. The van der Waals surface area contributed by atoms with E-state index in [0.717, 1.165) is 21.8 Å².